The molecule has 2 amide bonds. The SMILES string of the molecule is O=C(Nc1ccc(Cl)c([N+](=O)[O-])c1)[C@@H]1CC(=O)N(c2cccc(Cl)c2Cl)C1. The summed E-state index contributed by atoms with van der Waals surface area (Å²) in [4.78, 5) is 36.6. The summed E-state index contributed by atoms with van der Waals surface area (Å²) >= 11 is 17.9. The van der Waals surface area contributed by atoms with Crippen LogP contribution in [0.2, 0.25) is 15.1 Å². The van der Waals surface area contributed by atoms with E-state index >= 15 is 0 Å². The summed E-state index contributed by atoms with van der Waals surface area (Å²) in [5, 5.41) is 14.1. The van der Waals surface area contributed by atoms with Gasteiger partial charge < -0.3 is 10.2 Å². The molecule has 27 heavy (non-hydrogen) atoms. The molecule has 1 heterocycles. The van der Waals surface area contributed by atoms with Crippen molar-refractivity contribution in [3.05, 3.63) is 61.6 Å². The normalized spacial score (nSPS) is 16.5. The maximum absolute atomic E-state index is 12.5. The fourth-order valence-corrected chi connectivity index (χ4v) is 3.38. The lowest BCUT2D eigenvalue weighted by Crippen LogP contribution is -2.28. The summed E-state index contributed by atoms with van der Waals surface area (Å²) in [5.74, 6) is -1.33. The fraction of sp³-hybridized carbons (Fsp3) is 0.176. The number of nitro benzene ring substituents is 1. The Morgan fingerprint density at radius 3 is 2.63 bits per heavy atom. The summed E-state index contributed by atoms with van der Waals surface area (Å²) in [5.41, 5.74) is 0.346. The number of carbonyl (C=O) groups excluding carboxylic acids is 2. The van der Waals surface area contributed by atoms with Gasteiger partial charge in [-0.1, -0.05) is 40.9 Å². The maximum atomic E-state index is 12.5. The zero-order valence-corrected chi connectivity index (χ0v) is 15.9. The summed E-state index contributed by atoms with van der Waals surface area (Å²) in [7, 11) is 0. The number of hydrogen-bond donors (Lipinski definition) is 1. The maximum Gasteiger partial charge on any atom is 0.289 e. The summed E-state index contributed by atoms with van der Waals surface area (Å²) < 4.78 is 0. The van der Waals surface area contributed by atoms with Crippen LogP contribution in [0.1, 0.15) is 6.42 Å². The first kappa shape index (κ1) is 19.4. The van der Waals surface area contributed by atoms with Crippen LogP contribution in [-0.4, -0.2) is 23.3 Å². The molecule has 1 aliphatic heterocycles. The smallest absolute Gasteiger partial charge is 0.289 e. The Morgan fingerprint density at radius 2 is 1.93 bits per heavy atom. The Morgan fingerprint density at radius 1 is 1.19 bits per heavy atom. The highest BCUT2D eigenvalue weighted by molar-refractivity contribution is 6.44. The number of anilines is 2. The van der Waals surface area contributed by atoms with E-state index in [4.69, 9.17) is 34.8 Å². The van der Waals surface area contributed by atoms with E-state index in [1.807, 2.05) is 0 Å². The first-order chi connectivity index (χ1) is 12.8. The molecule has 0 aromatic heterocycles. The molecule has 2 aromatic carbocycles. The van der Waals surface area contributed by atoms with Crippen LogP contribution in [0.15, 0.2) is 36.4 Å². The number of hydrogen-bond acceptors (Lipinski definition) is 4. The number of amides is 2. The van der Waals surface area contributed by atoms with E-state index in [0.29, 0.717) is 10.7 Å². The standard InChI is InChI=1S/C17H12Cl3N3O4/c18-11-5-4-10(7-14(11)23(26)27)21-17(25)9-6-15(24)22(8-9)13-3-1-2-12(19)16(13)20/h1-5,7,9H,6,8H2,(H,21,25)/t9-/m1/s1. The van der Waals surface area contributed by atoms with Crippen LogP contribution < -0.4 is 10.2 Å². The highest BCUT2D eigenvalue weighted by Crippen LogP contribution is 2.36. The van der Waals surface area contributed by atoms with E-state index in [2.05, 4.69) is 5.32 Å². The second-order valence-electron chi connectivity index (χ2n) is 5.89. The highest BCUT2D eigenvalue weighted by atomic mass is 35.5. The number of nitrogens with zero attached hydrogens (tertiary/aromatic N) is 2. The van der Waals surface area contributed by atoms with Crippen LogP contribution in [0.3, 0.4) is 0 Å². The molecule has 140 valence electrons. The van der Waals surface area contributed by atoms with Gasteiger partial charge in [-0.05, 0) is 24.3 Å². The Labute approximate surface area is 169 Å². The predicted molar refractivity (Wildman–Crippen MR) is 104 cm³/mol. The second-order valence-corrected chi connectivity index (χ2v) is 7.08. The quantitative estimate of drug-likeness (QED) is 0.571. The van der Waals surface area contributed by atoms with Crippen molar-refractivity contribution in [2.45, 2.75) is 6.42 Å². The van der Waals surface area contributed by atoms with Gasteiger partial charge in [-0.3, -0.25) is 19.7 Å². The average molecular weight is 429 g/mol. The third-order valence-corrected chi connectivity index (χ3v) is 5.26. The van der Waals surface area contributed by atoms with E-state index in [9.17, 15) is 19.7 Å². The van der Waals surface area contributed by atoms with Crippen LogP contribution in [0.5, 0.6) is 0 Å². The van der Waals surface area contributed by atoms with Crippen molar-refractivity contribution in [3.8, 4) is 0 Å². The molecule has 0 unspecified atom stereocenters. The highest BCUT2D eigenvalue weighted by Gasteiger charge is 2.36. The van der Waals surface area contributed by atoms with E-state index < -0.39 is 16.7 Å². The summed E-state index contributed by atoms with van der Waals surface area (Å²) in [6.45, 7) is 0.125. The van der Waals surface area contributed by atoms with Crippen LogP contribution in [-0.2, 0) is 9.59 Å². The minimum Gasteiger partial charge on any atom is -0.326 e. The predicted octanol–water partition coefficient (Wildman–Crippen LogP) is 4.55. The van der Waals surface area contributed by atoms with Crippen LogP contribution >= 0.6 is 34.8 Å². The van der Waals surface area contributed by atoms with Crippen molar-refractivity contribution in [3.63, 3.8) is 0 Å². The van der Waals surface area contributed by atoms with Crippen molar-refractivity contribution in [2.75, 3.05) is 16.8 Å². The van der Waals surface area contributed by atoms with Gasteiger partial charge in [0.15, 0.2) is 0 Å². The third-order valence-electron chi connectivity index (χ3n) is 4.13. The molecule has 0 spiro atoms. The minimum atomic E-state index is -0.639. The molecule has 0 bridgehead atoms. The fourth-order valence-electron chi connectivity index (χ4n) is 2.79. The first-order valence-electron chi connectivity index (χ1n) is 7.77. The topological polar surface area (TPSA) is 92.5 Å². The molecule has 1 aliphatic rings. The lowest BCUT2D eigenvalue weighted by Gasteiger charge is -2.18. The van der Waals surface area contributed by atoms with Crippen molar-refractivity contribution < 1.29 is 14.5 Å². The molecule has 0 saturated carbocycles. The lowest BCUT2D eigenvalue weighted by atomic mass is 10.1. The van der Waals surface area contributed by atoms with Gasteiger partial charge in [0.1, 0.15) is 5.02 Å². The molecular formula is C17H12Cl3N3O4. The van der Waals surface area contributed by atoms with E-state index in [1.165, 1.54) is 23.1 Å². The summed E-state index contributed by atoms with van der Waals surface area (Å²) in [6.07, 6.45) is -0.00956. The van der Waals surface area contributed by atoms with Gasteiger partial charge >= 0.3 is 0 Å². The van der Waals surface area contributed by atoms with Crippen LogP contribution in [0, 0.1) is 16.0 Å². The van der Waals surface area contributed by atoms with Gasteiger partial charge in [0, 0.05) is 24.7 Å². The Kier molecular flexibility index (Phi) is 5.55. The second kappa shape index (κ2) is 7.72. The van der Waals surface area contributed by atoms with Gasteiger partial charge in [-0.25, -0.2) is 0 Å². The van der Waals surface area contributed by atoms with E-state index in [1.54, 1.807) is 18.2 Å². The van der Waals surface area contributed by atoms with Gasteiger partial charge in [0.2, 0.25) is 11.8 Å². The molecule has 10 heteroatoms. The van der Waals surface area contributed by atoms with E-state index in [0.717, 1.165) is 0 Å². The zero-order chi connectivity index (χ0) is 19.7. The number of nitrogens with one attached hydrogen (secondary N) is 1. The Balaban J connectivity index is 1.76. The molecule has 1 fully saturated rings. The van der Waals surface area contributed by atoms with Crippen molar-refractivity contribution >= 4 is 63.7 Å². The molecule has 0 radical (unpaired) electrons. The molecular weight excluding hydrogens is 417 g/mol. The van der Waals surface area contributed by atoms with Gasteiger partial charge in [-0.2, -0.15) is 0 Å². The largest absolute Gasteiger partial charge is 0.326 e. The Hall–Kier alpha value is -2.35. The van der Waals surface area contributed by atoms with Crippen molar-refractivity contribution in [1.82, 2.24) is 0 Å². The molecule has 3 rings (SSSR count). The number of carbonyl (C=O) groups is 2. The number of rotatable bonds is 4. The van der Waals surface area contributed by atoms with Gasteiger partial charge in [0.05, 0.1) is 26.6 Å². The van der Waals surface area contributed by atoms with Crippen molar-refractivity contribution in [2.24, 2.45) is 5.92 Å². The monoisotopic (exact) mass is 427 g/mol. The third kappa shape index (κ3) is 4.00. The zero-order valence-electron chi connectivity index (χ0n) is 13.6. The molecule has 1 saturated heterocycles. The molecule has 1 atom stereocenters. The van der Waals surface area contributed by atoms with Gasteiger partial charge in [-0.15, -0.1) is 0 Å². The van der Waals surface area contributed by atoms with Crippen LogP contribution in [0.4, 0.5) is 17.1 Å². The molecule has 0 aliphatic carbocycles. The molecule has 7 nitrogen and oxygen atoms in total. The number of halogens is 3. The first-order valence-corrected chi connectivity index (χ1v) is 8.90. The lowest BCUT2D eigenvalue weighted by molar-refractivity contribution is -0.384. The van der Waals surface area contributed by atoms with Gasteiger partial charge in [0.25, 0.3) is 5.69 Å². The van der Waals surface area contributed by atoms with Crippen LogP contribution in [0.25, 0.3) is 0 Å². The number of benzene rings is 2. The van der Waals surface area contributed by atoms with E-state index in [-0.39, 0.29) is 40.3 Å². The average Bonchev–Trinajstić information content (AvgIpc) is 3.00. The summed E-state index contributed by atoms with van der Waals surface area (Å²) in [6, 6.07) is 8.86. The molecule has 2 aromatic rings. The number of nitro groups is 1. The molecule has 1 N–H and O–H groups in total. The van der Waals surface area contributed by atoms with Crippen molar-refractivity contribution in [1.29, 1.82) is 0 Å². The minimum absolute atomic E-state index is 0.00956. The Bertz CT molecular complexity index is 951.